The second-order valence-corrected chi connectivity index (χ2v) is 7.81. The average molecular weight is 365 g/mol. The summed E-state index contributed by atoms with van der Waals surface area (Å²) in [6.45, 7) is 14.1. The third-order valence-corrected chi connectivity index (χ3v) is 5.84. The van der Waals surface area contributed by atoms with Crippen LogP contribution in [0, 0.1) is 27.3 Å². The SMILES string of the molecule is [C-]#[N+]Cc1ccc2c[n+](C)c3c(c2c1)Oc1cc(C)cc2cc(C)c(C)c-3c12. The lowest BCUT2D eigenvalue weighted by atomic mass is 9.89. The van der Waals surface area contributed by atoms with E-state index in [2.05, 4.69) is 73.8 Å². The van der Waals surface area contributed by atoms with Crippen LogP contribution in [0.25, 0.3) is 37.6 Å². The smallest absolute Gasteiger partial charge is 0.257 e. The number of hydrogen-bond donors (Lipinski definition) is 0. The van der Waals surface area contributed by atoms with Gasteiger partial charge in [-0.15, -0.1) is 0 Å². The van der Waals surface area contributed by atoms with Gasteiger partial charge in [0.05, 0.1) is 5.56 Å². The molecule has 0 spiro atoms. The van der Waals surface area contributed by atoms with Crippen LogP contribution in [0.2, 0.25) is 0 Å². The van der Waals surface area contributed by atoms with Gasteiger partial charge < -0.3 is 9.58 Å². The van der Waals surface area contributed by atoms with Gasteiger partial charge in [0.2, 0.25) is 12.3 Å². The monoisotopic (exact) mass is 365 g/mol. The van der Waals surface area contributed by atoms with Crippen molar-refractivity contribution in [1.29, 1.82) is 0 Å². The highest BCUT2D eigenvalue weighted by Gasteiger charge is 2.32. The summed E-state index contributed by atoms with van der Waals surface area (Å²) in [7, 11) is 2.08. The molecule has 5 rings (SSSR count). The number of pyridine rings is 1. The van der Waals surface area contributed by atoms with Crippen LogP contribution in [0.4, 0.5) is 0 Å². The van der Waals surface area contributed by atoms with Crippen LogP contribution in [0.1, 0.15) is 22.3 Å². The van der Waals surface area contributed by atoms with Gasteiger partial charge in [-0.1, -0.05) is 18.2 Å². The molecule has 1 aromatic heterocycles. The zero-order valence-electron chi connectivity index (χ0n) is 16.6. The van der Waals surface area contributed by atoms with Crippen LogP contribution < -0.4 is 9.30 Å². The van der Waals surface area contributed by atoms with Crippen LogP contribution >= 0.6 is 0 Å². The predicted molar refractivity (Wildman–Crippen MR) is 113 cm³/mol. The van der Waals surface area contributed by atoms with Crippen LogP contribution in [-0.2, 0) is 13.6 Å². The van der Waals surface area contributed by atoms with Crippen LogP contribution in [-0.4, -0.2) is 0 Å². The molecule has 0 bridgehead atoms. The van der Waals surface area contributed by atoms with Crippen LogP contribution in [0.3, 0.4) is 0 Å². The number of fused-ring (bicyclic) bond motifs is 4. The Morgan fingerprint density at radius 3 is 2.64 bits per heavy atom. The van der Waals surface area contributed by atoms with Crippen molar-refractivity contribution in [2.75, 3.05) is 0 Å². The average Bonchev–Trinajstić information content (AvgIpc) is 2.65. The zero-order chi connectivity index (χ0) is 19.6. The van der Waals surface area contributed by atoms with Crippen molar-refractivity contribution in [2.24, 2.45) is 7.05 Å². The number of benzene rings is 3. The Morgan fingerprint density at radius 1 is 1.04 bits per heavy atom. The first kappa shape index (κ1) is 16.8. The fraction of sp³-hybridized carbons (Fsp3) is 0.200. The molecule has 0 fully saturated rings. The third kappa shape index (κ3) is 2.25. The molecule has 0 atom stereocenters. The summed E-state index contributed by atoms with van der Waals surface area (Å²) in [5, 5.41) is 4.59. The van der Waals surface area contributed by atoms with Gasteiger partial charge in [-0.3, -0.25) is 0 Å². The van der Waals surface area contributed by atoms with Crippen molar-refractivity contribution in [1.82, 2.24) is 0 Å². The maximum absolute atomic E-state index is 7.21. The molecular formula is C25H21N2O+. The number of aryl methyl sites for hydroxylation is 3. The van der Waals surface area contributed by atoms with Crippen molar-refractivity contribution in [3.8, 4) is 22.8 Å². The van der Waals surface area contributed by atoms with Gasteiger partial charge in [0, 0.05) is 21.7 Å². The molecule has 4 aromatic rings. The Morgan fingerprint density at radius 2 is 1.86 bits per heavy atom. The van der Waals surface area contributed by atoms with Gasteiger partial charge in [0.25, 0.3) is 5.69 Å². The van der Waals surface area contributed by atoms with Crippen LogP contribution in [0.15, 0.2) is 42.6 Å². The molecule has 136 valence electrons. The molecule has 0 unspecified atom stereocenters. The summed E-state index contributed by atoms with van der Waals surface area (Å²) in [6, 6.07) is 12.8. The molecule has 1 aliphatic rings. The predicted octanol–water partition coefficient (Wildman–Crippen LogP) is 5.93. The van der Waals surface area contributed by atoms with E-state index in [1.807, 2.05) is 6.07 Å². The standard InChI is InChI=1S/C25H21N2O/c1-14-8-19-10-15(2)16(3)22-23(19)21(9-14)28-25-20-11-17(12-26-4)6-7-18(20)13-27(5)24(22)25/h6-11,13H,12H2,1-3,5H3/q+1. The normalized spacial score (nSPS) is 12.0. The van der Waals surface area contributed by atoms with E-state index in [1.165, 1.54) is 33.0 Å². The number of rotatable bonds is 1. The number of aromatic nitrogens is 1. The Hall–Kier alpha value is -3.38. The molecule has 0 saturated carbocycles. The molecule has 28 heavy (non-hydrogen) atoms. The maximum Gasteiger partial charge on any atom is 0.257 e. The minimum absolute atomic E-state index is 0.384. The van der Waals surface area contributed by atoms with Crippen molar-refractivity contribution in [3.63, 3.8) is 0 Å². The quantitative estimate of drug-likeness (QED) is 0.266. The molecule has 3 heteroatoms. The molecule has 0 N–H and O–H groups in total. The molecule has 3 aromatic carbocycles. The van der Waals surface area contributed by atoms with Crippen molar-refractivity contribution < 1.29 is 9.30 Å². The van der Waals surface area contributed by atoms with Crippen molar-refractivity contribution >= 4 is 21.5 Å². The van der Waals surface area contributed by atoms with E-state index >= 15 is 0 Å². The molecular weight excluding hydrogens is 344 g/mol. The first-order valence-electron chi connectivity index (χ1n) is 9.49. The lowest BCUT2D eigenvalue weighted by Crippen LogP contribution is -2.32. The van der Waals surface area contributed by atoms with Gasteiger partial charge >= 0.3 is 0 Å². The highest BCUT2D eigenvalue weighted by molar-refractivity contribution is 6.07. The Labute approximate surface area is 164 Å². The lowest BCUT2D eigenvalue weighted by molar-refractivity contribution is -0.659. The van der Waals surface area contributed by atoms with Crippen molar-refractivity contribution in [2.45, 2.75) is 27.3 Å². The fourth-order valence-electron chi connectivity index (χ4n) is 4.43. The van der Waals surface area contributed by atoms with Gasteiger partial charge in [-0.2, -0.15) is 4.57 Å². The van der Waals surface area contributed by atoms with E-state index in [-0.39, 0.29) is 0 Å². The largest absolute Gasteiger partial charge is 0.449 e. The molecule has 3 nitrogen and oxygen atoms in total. The fourth-order valence-corrected chi connectivity index (χ4v) is 4.43. The van der Waals surface area contributed by atoms with E-state index in [4.69, 9.17) is 11.3 Å². The summed E-state index contributed by atoms with van der Waals surface area (Å²) in [5.41, 5.74) is 7.14. The third-order valence-electron chi connectivity index (χ3n) is 5.84. The number of ether oxygens (including phenoxy) is 1. The molecule has 1 aliphatic heterocycles. The van der Waals surface area contributed by atoms with E-state index < -0.39 is 0 Å². The van der Waals surface area contributed by atoms with Gasteiger partial charge in [0.15, 0.2) is 6.20 Å². The summed E-state index contributed by atoms with van der Waals surface area (Å²) in [5.74, 6) is 1.81. The summed E-state index contributed by atoms with van der Waals surface area (Å²) < 4.78 is 8.73. The lowest BCUT2D eigenvalue weighted by Gasteiger charge is -2.23. The second-order valence-electron chi connectivity index (χ2n) is 7.81. The van der Waals surface area contributed by atoms with E-state index in [9.17, 15) is 0 Å². The van der Waals surface area contributed by atoms with Gasteiger partial charge in [-0.05, 0) is 61.0 Å². The highest BCUT2D eigenvalue weighted by Crippen LogP contribution is 2.49. The topological polar surface area (TPSA) is 17.5 Å². The highest BCUT2D eigenvalue weighted by atomic mass is 16.5. The zero-order valence-corrected chi connectivity index (χ0v) is 16.6. The van der Waals surface area contributed by atoms with E-state index in [0.29, 0.717) is 6.54 Å². The Balaban J connectivity index is 1.97. The van der Waals surface area contributed by atoms with Crippen LogP contribution in [0.5, 0.6) is 11.5 Å². The van der Waals surface area contributed by atoms with E-state index in [0.717, 1.165) is 33.5 Å². The summed E-state index contributed by atoms with van der Waals surface area (Å²) in [4.78, 5) is 3.55. The maximum atomic E-state index is 7.21. The number of nitrogens with zero attached hydrogens (tertiary/aromatic N) is 2. The molecule has 2 heterocycles. The first-order valence-corrected chi connectivity index (χ1v) is 9.49. The molecule has 0 amide bonds. The minimum atomic E-state index is 0.384. The van der Waals surface area contributed by atoms with Gasteiger partial charge in [0.1, 0.15) is 12.8 Å². The Bertz CT molecular complexity index is 1360. The Kier molecular flexibility index (Phi) is 3.48. The second kappa shape index (κ2) is 5.81. The summed E-state index contributed by atoms with van der Waals surface area (Å²) >= 11 is 0. The van der Waals surface area contributed by atoms with E-state index in [1.54, 1.807) is 0 Å². The number of hydrogen-bond acceptors (Lipinski definition) is 1. The van der Waals surface area contributed by atoms with Gasteiger partial charge in [-0.25, -0.2) is 6.57 Å². The minimum Gasteiger partial charge on any atom is -0.449 e. The molecule has 0 aliphatic carbocycles. The molecule has 0 radical (unpaired) electrons. The van der Waals surface area contributed by atoms with Crippen molar-refractivity contribution in [3.05, 3.63) is 76.3 Å². The molecule has 0 saturated heterocycles. The summed E-state index contributed by atoms with van der Waals surface area (Å²) in [6.07, 6.45) is 2.16. The first-order chi connectivity index (χ1) is 13.5.